The third-order valence-corrected chi connectivity index (χ3v) is 6.17. The van der Waals surface area contributed by atoms with Gasteiger partial charge in [-0.05, 0) is 64.9 Å². The molecular formula is C26H25NO2. The predicted octanol–water partition coefficient (Wildman–Crippen LogP) is 6.23. The Balaban J connectivity index is 1.50. The van der Waals surface area contributed by atoms with Crippen LogP contribution in [0.1, 0.15) is 53.2 Å². The van der Waals surface area contributed by atoms with E-state index in [0.717, 1.165) is 18.5 Å². The topological polar surface area (TPSA) is 38.3 Å². The van der Waals surface area contributed by atoms with Crippen molar-refractivity contribution in [1.82, 2.24) is 0 Å². The fourth-order valence-corrected chi connectivity index (χ4v) is 4.73. The van der Waals surface area contributed by atoms with E-state index in [4.69, 9.17) is 4.74 Å². The number of benzene rings is 3. The minimum Gasteiger partial charge on any atom is -0.462 e. The lowest BCUT2D eigenvalue weighted by Gasteiger charge is -2.37. The van der Waals surface area contributed by atoms with Crippen molar-refractivity contribution < 1.29 is 9.53 Å². The molecule has 3 aromatic rings. The van der Waals surface area contributed by atoms with Crippen LogP contribution in [-0.2, 0) is 4.74 Å². The van der Waals surface area contributed by atoms with Crippen molar-refractivity contribution in [3.05, 3.63) is 89.5 Å². The van der Waals surface area contributed by atoms with Gasteiger partial charge in [0.25, 0.3) is 0 Å². The first kappa shape index (κ1) is 18.0. The van der Waals surface area contributed by atoms with E-state index in [1.54, 1.807) is 0 Å². The van der Waals surface area contributed by atoms with Gasteiger partial charge in [0.05, 0.1) is 18.2 Å². The van der Waals surface area contributed by atoms with E-state index < -0.39 is 0 Å². The smallest absolute Gasteiger partial charge is 0.338 e. The van der Waals surface area contributed by atoms with Crippen LogP contribution in [0, 0.1) is 5.92 Å². The Hall–Kier alpha value is -3.07. The summed E-state index contributed by atoms with van der Waals surface area (Å²) in [5.74, 6) is 0.539. The SMILES string of the molecule is CCCOC(=O)c1ccc2c(c1)C1C=CCC1C(c1ccc3ccccc3c1)N2. The zero-order valence-corrected chi connectivity index (χ0v) is 16.6. The van der Waals surface area contributed by atoms with Gasteiger partial charge in [0.2, 0.25) is 0 Å². The first-order valence-corrected chi connectivity index (χ1v) is 10.5. The van der Waals surface area contributed by atoms with Gasteiger partial charge in [-0.3, -0.25) is 0 Å². The van der Waals surface area contributed by atoms with Gasteiger partial charge in [0, 0.05) is 11.6 Å². The lowest BCUT2D eigenvalue weighted by atomic mass is 9.76. The summed E-state index contributed by atoms with van der Waals surface area (Å²) in [6.07, 6.45) is 6.46. The van der Waals surface area contributed by atoms with Crippen molar-refractivity contribution in [1.29, 1.82) is 0 Å². The van der Waals surface area contributed by atoms with Gasteiger partial charge in [-0.25, -0.2) is 4.79 Å². The van der Waals surface area contributed by atoms with Crippen molar-refractivity contribution in [3.8, 4) is 0 Å². The van der Waals surface area contributed by atoms with Gasteiger partial charge in [0.1, 0.15) is 0 Å². The lowest BCUT2D eigenvalue weighted by molar-refractivity contribution is 0.0505. The molecule has 1 heterocycles. The van der Waals surface area contributed by atoms with Crippen molar-refractivity contribution in [2.45, 2.75) is 31.7 Å². The summed E-state index contributed by atoms with van der Waals surface area (Å²) in [5.41, 5.74) is 4.27. The van der Waals surface area contributed by atoms with Gasteiger partial charge >= 0.3 is 5.97 Å². The van der Waals surface area contributed by atoms with Crippen LogP contribution < -0.4 is 5.32 Å². The highest BCUT2D eigenvalue weighted by molar-refractivity contribution is 5.90. The Morgan fingerprint density at radius 3 is 2.79 bits per heavy atom. The molecule has 0 aromatic heterocycles. The summed E-state index contributed by atoms with van der Waals surface area (Å²) in [6.45, 7) is 2.47. The molecule has 146 valence electrons. The maximum Gasteiger partial charge on any atom is 0.338 e. The van der Waals surface area contributed by atoms with E-state index in [-0.39, 0.29) is 12.0 Å². The number of hydrogen-bond acceptors (Lipinski definition) is 3. The number of fused-ring (bicyclic) bond motifs is 4. The summed E-state index contributed by atoms with van der Waals surface area (Å²) < 4.78 is 5.33. The minimum absolute atomic E-state index is 0.232. The van der Waals surface area contributed by atoms with E-state index in [0.29, 0.717) is 24.0 Å². The second-order valence-electron chi connectivity index (χ2n) is 8.02. The quantitative estimate of drug-likeness (QED) is 0.428. The minimum atomic E-state index is -0.232. The first-order chi connectivity index (χ1) is 14.2. The summed E-state index contributed by atoms with van der Waals surface area (Å²) in [5, 5.41) is 6.31. The van der Waals surface area contributed by atoms with Gasteiger partial charge in [-0.1, -0.05) is 55.5 Å². The molecule has 3 atom stereocenters. The number of nitrogens with one attached hydrogen (secondary N) is 1. The largest absolute Gasteiger partial charge is 0.462 e. The van der Waals surface area contributed by atoms with Crippen LogP contribution in [0.25, 0.3) is 10.8 Å². The van der Waals surface area contributed by atoms with E-state index in [1.165, 1.54) is 21.9 Å². The van der Waals surface area contributed by atoms with Crippen LogP contribution in [0.2, 0.25) is 0 Å². The Morgan fingerprint density at radius 2 is 1.93 bits per heavy atom. The highest BCUT2D eigenvalue weighted by Gasteiger charge is 2.38. The number of carbonyl (C=O) groups is 1. The molecule has 1 N–H and O–H groups in total. The number of anilines is 1. The van der Waals surface area contributed by atoms with Crippen molar-refractivity contribution in [2.75, 3.05) is 11.9 Å². The molecule has 1 aliphatic heterocycles. The number of hydrogen-bond donors (Lipinski definition) is 1. The maximum atomic E-state index is 12.3. The summed E-state index contributed by atoms with van der Waals surface area (Å²) >= 11 is 0. The van der Waals surface area contributed by atoms with E-state index >= 15 is 0 Å². The Labute approximate surface area is 171 Å². The van der Waals surface area contributed by atoms with Crippen LogP contribution in [-0.4, -0.2) is 12.6 Å². The van der Waals surface area contributed by atoms with Crippen molar-refractivity contribution in [2.24, 2.45) is 5.92 Å². The van der Waals surface area contributed by atoms with Gasteiger partial charge < -0.3 is 10.1 Å². The zero-order valence-electron chi connectivity index (χ0n) is 16.6. The summed E-state index contributed by atoms with van der Waals surface area (Å²) in [7, 11) is 0. The van der Waals surface area contributed by atoms with Crippen LogP contribution in [0.5, 0.6) is 0 Å². The molecule has 0 radical (unpaired) electrons. The molecule has 3 unspecified atom stereocenters. The lowest BCUT2D eigenvalue weighted by Crippen LogP contribution is -2.29. The Kier molecular flexibility index (Phi) is 4.59. The van der Waals surface area contributed by atoms with Crippen LogP contribution >= 0.6 is 0 Å². The molecule has 0 amide bonds. The normalized spacial score (nSPS) is 22.0. The van der Waals surface area contributed by atoms with Gasteiger partial charge in [-0.2, -0.15) is 0 Å². The molecule has 0 saturated carbocycles. The number of ether oxygens (including phenoxy) is 1. The molecule has 3 heteroatoms. The molecular weight excluding hydrogens is 358 g/mol. The van der Waals surface area contributed by atoms with Gasteiger partial charge in [0.15, 0.2) is 0 Å². The third-order valence-electron chi connectivity index (χ3n) is 6.17. The van der Waals surface area contributed by atoms with E-state index in [9.17, 15) is 4.79 Å². The molecule has 3 nitrogen and oxygen atoms in total. The second-order valence-corrected chi connectivity index (χ2v) is 8.02. The van der Waals surface area contributed by atoms with E-state index in [1.807, 2.05) is 25.1 Å². The molecule has 3 aromatic carbocycles. The fraction of sp³-hybridized carbons (Fsp3) is 0.269. The Bertz CT molecular complexity index is 1100. The summed E-state index contributed by atoms with van der Waals surface area (Å²) in [4.78, 5) is 12.3. The van der Waals surface area contributed by atoms with Crippen LogP contribution in [0.3, 0.4) is 0 Å². The van der Waals surface area contributed by atoms with Crippen molar-refractivity contribution >= 4 is 22.4 Å². The predicted molar refractivity (Wildman–Crippen MR) is 117 cm³/mol. The van der Waals surface area contributed by atoms with Crippen LogP contribution in [0.15, 0.2) is 72.8 Å². The van der Waals surface area contributed by atoms with Gasteiger partial charge in [-0.15, -0.1) is 0 Å². The second kappa shape index (κ2) is 7.40. The molecule has 2 aliphatic rings. The molecule has 0 fully saturated rings. The first-order valence-electron chi connectivity index (χ1n) is 10.5. The maximum absolute atomic E-state index is 12.3. The molecule has 0 spiro atoms. The number of allylic oxidation sites excluding steroid dienone is 2. The summed E-state index contributed by atoms with van der Waals surface area (Å²) in [6, 6.07) is 21.5. The number of esters is 1. The monoisotopic (exact) mass is 383 g/mol. The fourth-order valence-electron chi connectivity index (χ4n) is 4.73. The Morgan fingerprint density at radius 1 is 1.07 bits per heavy atom. The van der Waals surface area contributed by atoms with Crippen LogP contribution in [0.4, 0.5) is 5.69 Å². The highest BCUT2D eigenvalue weighted by atomic mass is 16.5. The molecule has 29 heavy (non-hydrogen) atoms. The zero-order chi connectivity index (χ0) is 19.8. The average molecular weight is 383 g/mol. The third kappa shape index (κ3) is 3.21. The molecule has 1 aliphatic carbocycles. The highest BCUT2D eigenvalue weighted by Crippen LogP contribution is 2.50. The van der Waals surface area contributed by atoms with E-state index in [2.05, 4.69) is 59.9 Å². The standard InChI is InChI=1S/C26H25NO2/c1-2-14-29-26(28)20-12-13-24-23(16-20)21-8-5-9-22(21)25(27-24)19-11-10-17-6-3-4-7-18(17)15-19/h3-8,10-13,15-16,21-22,25,27H,2,9,14H2,1H3. The number of rotatable bonds is 4. The average Bonchev–Trinajstić information content (AvgIpc) is 3.26. The molecule has 0 bridgehead atoms. The number of carbonyl (C=O) groups excluding carboxylic acids is 1. The molecule has 0 saturated heterocycles. The van der Waals surface area contributed by atoms with Crippen molar-refractivity contribution in [3.63, 3.8) is 0 Å². The molecule has 5 rings (SSSR count).